The van der Waals surface area contributed by atoms with Gasteiger partial charge in [0.05, 0.1) is 7.11 Å². The number of amides is 2. The second-order valence-corrected chi connectivity index (χ2v) is 10.1. The summed E-state index contributed by atoms with van der Waals surface area (Å²) in [7, 11) is 1.57. The monoisotopic (exact) mass is 535 g/mol. The van der Waals surface area contributed by atoms with Gasteiger partial charge in [0.25, 0.3) is 5.91 Å². The number of methoxy groups -OCH3 is 1. The van der Waals surface area contributed by atoms with Crippen molar-refractivity contribution in [3.8, 4) is 5.75 Å². The summed E-state index contributed by atoms with van der Waals surface area (Å²) >= 11 is 13.3. The van der Waals surface area contributed by atoms with E-state index in [4.69, 9.17) is 27.9 Å². The lowest BCUT2D eigenvalue weighted by Gasteiger charge is -2.32. The van der Waals surface area contributed by atoms with E-state index in [2.05, 4.69) is 9.69 Å². The largest absolute Gasteiger partial charge is 0.497 e. The lowest BCUT2D eigenvalue weighted by atomic mass is 10.0. The van der Waals surface area contributed by atoms with Crippen LogP contribution in [0.25, 0.3) is 0 Å². The number of carbonyl (C=O) groups is 2. The topological polar surface area (TPSA) is 71.5 Å². The molecule has 2 aromatic carbocycles. The summed E-state index contributed by atoms with van der Waals surface area (Å²) in [6.07, 6.45) is 3.82. The Kier molecular flexibility index (Phi) is 8.26. The molecule has 0 saturated heterocycles. The summed E-state index contributed by atoms with van der Waals surface area (Å²) < 4.78 is 23.3. The third-order valence-electron chi connectivity index (χ3n) is 6.02. The fourth-order valence-corrected chi connectivity index (χ4v) is 5.19. The average molecular weight is 536 g/mol. The first-order valence-electron chi connectivity index (χ1n) is 11.2. The molecule has 1 aromatic heterocycles. The maximum Gasteiger partial charge on any atom is 0.276 e. The molecule has 1 fully saturated rings. The Balaban J connectivity index is 1.76. The number of hydrogen-bond acceptors (Lipinski definition) is 5. The number of halogens is 3. The van der Waals surface area contributed by atoms with Crippen LogP contribution in [0.4, 0.5) is 4.39 Å². The molecule has 2 amide bonds. The molecule has 1 aliphatic rings. The lowest BCUT2D eigenvalue weighted by molar-refractivity contribution is -0.126. The van der Waals surface area contributed by atoms with Gasteiger partial charge in [0.1, 0.15) is 27.0 Å². The number of nitrogens with one attached hydrogen (secondary N) is 1. The van der Waals surface area contributed by atoms with Crippen LogP contribution in [0.5, 0.6) is 5.75 Å². The van der Waals surface area contributed by atoms with Crippen molar-refractivity contribution in [3.05, 3.63) is 80.5 Å². The number of rotatable bonds is 8. The van der Waals surface area contributed by atoms with Crippen LogP contribution < -0.4 is 10.1 Å². The van der Waals surface area contributed by atoms with Crippen LogP contribution in [0.1, 0.15) is 53.3 Å². The van der Waals surface area contributed by atoms with Crippen LogP contribution in [0, 0.1) is 5.82 Å². The molecule has 35 heavy (non-hydrogen) atoms. The van der Waals surface area contributed by atoms with E-state index < -0.39 is 17.8 Å². The third kappa shape index (κ3) is 5.94. The number of hydrogen-bond donors (Lipinski definition) is 1. The normalized spacial score (nSPS) is 14.5. The summed E-state index contributed by atoms with van der Waals surface area (Å²) in [6, 6.07) is 11.7. The molecule has 184 valence electrons. The molecule has 0 radical (unpaired) electrons. The minimum absolute atomic E-state index is 0.0284. The summed E-state index contributed by atoms with van der Waals surface area (Å²) in [4.78, 5) is 28.8. The van der Waals surface area contributed by atoms with Gasteiger partial charge in [-0.25, -0.2) is 4.39 Å². The molecule has 3 aromatic rings. The van der Waals surface area contributed by atoms with Gasteiger partial charge >= 0.3 is 0 Å². The highest BCUT2D eigenvalue weighted by atomic mass is 35.5. The molecule has 4 rings (SSSR count). The van der Waals surface area contributed by atoms with Gasteiger partial charge in [-0.05, 0) is 59.8 Å². The molecule has 6 nitrogen and oxygen atoms in total. The van der Waals surface area contributed by atoms with Crippen LogP contribution >= 0.6 is 34.7 Å². The first kappa shape index (κ1) is 25.4. The van der Waals surface area contributed by atoms with Gasteiger partial charge in [-0.1, -0.05) is 60.3 Å². The van der Waals surface area contributed by atoms with Crippen LogP contribution in [0.3, 0.4) is 0 Å². The predicted molar refractivity (Wildman–Crippen MR) is 135 cm³/mol. The van der Waals surface area contributed by atoms with Crippen molar-refractivity contribution in [1.29, 1.82) is 0 Å². The van der Waals surface area contributed by atoms with Crippen LogP contribution in [-0.4, -0.2) is 34.2 Å². The molecule has 1 heterocycles. The Morgan fingerprint density at radius 2 is 1.80 bits per heavy atom. The standard InChI is InChI=1S/C25H24Cl2FN3O3S/c1-34-19-12-6-15(7-13-19)14-31(25(33)21-20(26)23(27)35-30-21)22(16-8-10-17(28)11-9-16)24(32)29-18-4-2-3-5-18/h6-13,18,22H,2-5,14H2,1H3,(H,29,32)/t22-/m0/s1. The van der Waals surface area contributed by atoms with Crippen molar-refractivity contribution >= 4 is 46.5 Å². The molecule has 10 heteroatoms. The van der Waals surface area contributed by atoms with Gasteiger partial charge in [0, 0.05) is 12.6 Å². The molecule has 1 saturated carbocycles. The first-order chi connectivity index (χ1) is 16.9. The quantitative estimate of drug-likeness (QED) is 0.381. The second kappa shape index (κ2) is 11.4. The average Bonchev–Trinajstić information content (AvgIpc) is 3.49. The highest BCUT2D eigenvalue weighted by molar-refractivity contribution is 7.11. The van der Waals surface area contributed by atoms with Gasteiger partial charge in [0.2, 0.25) is 5.91 Å². The van der Waals surface area contributed by atoms with Crippen molar-refractivity contribution < 1.29 is 18.7 Å². The fourth-order valence-electron chi connectivity index (χ4n) is 4.20. The van der Waals surface area contributed by atoms with E-state index in [-0.39, 0.29) is 33.5 Å². The summed E-state index contributed by atoms with van der Waals surface area (Å²) in [6.45, 7) is 0.0778. The Morgan fingerprint density at radius 3 is 2.37 bits per heavy atom. The zero-order valence-electron chi connectivity index (χ0n) is 19.0. The van der Waals surface area contributed by atoms with E-state index >= 15 is 0 Å². The second-order valence-electron chi connectivity index (χ2n) is 8.34. The van der Waals surface area contributed by atoms with Crippen LogP contribution in [0.2, 0.25) is 9.36 Å². The van der Waals surface area contributed by atoms with Gasteiger partial charge in [0.15, 0.2) is 5.69 Å². The van der Waals surface area contributed by atoms with E-state index in [1.54, 1.807) is 19.2 Å². The van der Waals surface area contributed by atoms with Crippen LogP contribution in [0.15, 0.2) is 48.5 Å². The maximum absolute atomic E-state index is 13.8. The molecular weight excluding hydrogens is 512 g/mol. The van der Waals surface area contributed by atoms with Crippen molar-refractivity contribution in [1.82, 2.24) is 14.6 Å². The summed E-state index contributed by atoms with van der Waals surface area (Å²) in [5.41, 5.74) is 1.20. The molecule has 1 N–H and O–H groups in total. The Labute approximate surface area is 217 Å². The minimum atomic E-state index is -1.04. The Bertz CT molecular complexity index is 1180. The fraction of sp³-hybridized carbons (Fsp3) is 0.320. The zero-order chi connectivity index (χ0) is 24.9. The SMILES string of the molecule is COc1ccc(CN(C(=O)c2nsc(Cl)c2Cl)[C@H](C(=O)NC2CCCC2)c2ccc(F)cc2)cc1. The van der Waals surface area contributed by atoms with Gasteiger partial charge in [-0.2, -0.15) is 4.37 Å². The van der Waals surface area contributed by atoms with E-state index in [9.17, 15) is 14.0 Å². The zero-order valence-corrected chi connectivity index (χ0v) is 21.3. The molecule has 0 spiro atoms. The van der Waals surface area contributed by atoms with Crippen molar-refractivity contribution in [2.24, 2.45) is 0 Å². The smallest absolute Gasteiger partial charge is 0.276 e. The van der Waals surface area contributed by atoms with Crippen molar-refractivity contribution in [2.75, 3.05) is 7.11 Å². The molecule has 0 bridgehead atoms. The number of aromatic nitrogens is 1. The summed E-state index contributed by atoms with van der Waals surface area (Å²) in [5, 5.41) is 3.12. The van der Waals surface area contributed by atoms with E-state index in [0.717, 1.165) is 42.8 Å². The van der Waals surface area contributed by atoms with E-state index in [1.807, 2.05) is 12.1 Å². The maximum atomic E-state index is 13.8. The highest BCUT2D eigenvalue weighted by Crippen LogP contribution is 2.33. The van der Waals surface area contributed by atoms with E-state index in [1.165, 1.54) is 29.2 Å². The molecule has 0 unspecified atom stereocenters. The minimum Gasteiger partial charge on any atom is -0.497 e. The van der Waals surface area contributed by atoms with Crippen LogP contribution in [-0.2, 0) is 11.3 Å². The third-order valence-corrected chi connectivity index (χ3v) is 7.63. The van der Waals surface area contributed by atoms with Crippen molar-refractivity contribution in [3.63, 3.8) is 0 Å². The van der Waals surface area contributed by atoms with Gasteiger partial charge in [-0.15, -0.1) is 0 Å². The molecular formula is C25H24Cl2FN3O3S. The van der Waals surface area contributed by atoms with Gasteiger partial charge in [-0.3, -0.25) is 9.59 Å². The first-order valence-corrected chi connectivity index (χ1v) is 12.7. The summed E-state index contributed by atoms with van der Waals surface area (Å²) in [5.74, 6) is -0.672. The van der Waals surface area contributed by atoms with E-state index in [0.29, 0.717) is 11.3 Å². The Hall–Kier alpha value is -2.68. The number of ether oxygens (including phenoxy) is 1. The number of nitrogens with zero attached hydrogens (tertiary/aromatic N) is 2. The Morgan fingerprint density at radius 1 is 1.14 bits per heavy atom. The predicted octanol–water partition coefficient (Wildman–Crippen LogP) is 6.04. The van der Waals surface area contributed by atoms with Crippen molar-refractivity contribution in [2.45, 2.75) is 44.3 Å². The lowest BCUT2D eigenvalue weighted by Crippen LogP contribution is -2.46. The molecule has 0 aliphatic heterocycles. The highest BCUT2D eigenvalue weighted by Gasteiger charge is 2.35. The molecule has 1 atom stereocenters. The number of benzene rings is 2. The van der Waals surface area contributed by atoms with Gasteiger partial charge < -0.3 is 15.0 Å². The number of carbonyl (C=O) groups excluding carboxylic acids is 2. The molecule has 1 aliphatic carbocycles.